The normalized spacial score (nSPS) is 11.8. The molecule has 28 heavy (non-hydrogen) atoms. The van der Waals surface area contributed by atoms with E-state index in [0.717, 1.165) is 11.5 Å². The van der Waals surface area contributed by atoms with Crippen LogP contribution in [-0.2, 0) is 17.8 Å². The highest BCUT2D eigenvalue weighted by Crippen LogP contribution is 2.26. The van der Waals surface area contributed by atoms with Gasteiger partial charge in [-0.1, -0.05) is 11.6 Å². The number of aryl methyl sites for hydroxylation is 1. The van der Waals surface area contributed by atoms with Crippen molar-refractivity contribution in [2.24, 2.45) is 0 Å². The zero-order valence-electron chi connectivity index (χ0n) is 15.3. The van der Waals surface area contributed by atoms with Crippen LogP contribution in [0.15, 0.2) is 30.6 Å². The average Bonchev–Trinajstić information content (AvgIpc) is 3.23. The Labute approximate surface area is 166 Å². The van der Waals surface area contributed by atoms with Gasteiger partial charge in [0, 0.05) is 29.7 Å². The van der Waals surface area contributed by atoms with Gasteiger partial charge in [0.2, 0.25) is 5.91 Å². The standard InChI is InChI=1S/C19H18ClFN6O/c1-11(24-19(28)7-14-9-23-12(2)25-14)10-27-4-3-18(26-27)13-5-16(20)15(8-22)17(21)6-13/h3-6,9,11H,7,10H2,1-2H3,(H,23,25)(H,24,28)/t11-/m0/s1. The quantitative estimate of drug-likeness (QED) is 0.664. The topological polar surface area (TPSA) is 99.4 Å². The SMILES string of the molecule is Cc1ncc(CC(=O)N[C@@H](C)Cn2ccc(-c3cc(F)c(C#N)c(Cl)c3)n2)[nH]1. The predicted molar refractivity (Wildman–Crippen MR) is 102 cm³/mol. The third-order valence-corrected chi connectivity index (χ3v) is 4.36. The molecule has 3 rings (SSSR count). The molecule has 0 saturated carbocycles. The van der Waals surface area contributed by atoms with Gasteiger partial charge in [-0.15, -0.1) is 0 Å². The molecular formula is C19H18ClFN6O. The Morgan fingerprint density at radius 1 is 1.50 bits per heavy atom. The maximum atomic E-state index is 13.9. The molecule has 1 aromatic carbocycles. The molecule has 0 aliphatic carbocycles. The van der Waals surface area contributed by atoms with Gasteiger partial charge in [-0.3, -0.25) is 9.48 Å². The van der Waals surface area contributed by atoms with Crippen LogP contribution in [0.1, 0.15) is 24.0 Å². The van der Waals surface area contributed by atoms with Crippen molar-refractivity contribution in [3.8, 4) is 17.3 Å². The summed E-state index contributed by atoms with van der Waals surface area (Å²) in [6.45, 7) is 4.14. The van der Waals surface area contributed by atoms with Crippen LogP contribution in [0.4, 0.5) is 4.39 Å². The van der Waals surface area contributed by atoms with Gasteiger partial charge >= 0.3 is 0 Å². The number of halogens is 2. The second kappa shape index (κ2) is 8.23. The van der Waals surface area contributed by atoms with E-state index >= 15 is 0 Å². The van der Waals surface area contributed by atoms with Crippen LogP contribution in [-0.4, -0.2) is 31.7 Å². The molecule has 0 spiro atoms. The third kappa shape index (κ3) is 4.56. The maximum Gasteiger partial charge on any atom is 0.226 e. The first-order valence-corrected chi connectivity index (χ1v) is 8.96. The zero-order valence-corrected chi connectivity index (χ0v) is 16.1. The van der Waals surface area contributed by atoms with Gasteiger partial charge in [0.15, 0.2) is 0 Å². The molecule has 1 amide bonds. The van der Waals surface area contributed by atoms with Gasteiger partial charge in [-0.2, -0.15) is 10.4 Å². The summed E-state index contributed by atoms with van der Waals surface area (Å²) in [6.07, 6.45) is 3.60. The largest absolute Gasteiger partial charge is 0.351 e. The lowest BCUT2D eigenvalue weighted by molar-refractivity contribution is -0.121. The van der Waals surface area contributed by atoms with E-state index in [2.05, 4.69) is 20.4 Å². The number of nitrogens with one attached hydrogen (secondary N) is 2. The van der Waals surface area contributed by atoms with Crippen LogP contribution in [0.2, 0.25) is 5.02 Å². The molecule has 2 N–H and O–H groups in total. The van der Waals surface area contributed by atoms with E-state index in [4.69, 9.17) is 16.9 Å². The van der Waals surface area contributed by atoms with Crippen molar-refractivity contribution in [2.75, 3.05) is 0 Å². The van der Waals surface area contributed by atoms with Crippen LogP contribution in [0.3, 0.4) is 0 Å². The predicted octanol–water partition coefficient (Wildman–Crippen LogP) is 2.99. The first-order chi connectivity index (χ1) is 13.4. The molecule has 0 radical (unpaired) electrons. The average molecular weight is 401 g/mol. The Bertz CT molecular complexity index is 1030. The number of carbonyl (C=O) groups is 1. The second-order valence-electron chi connectivity index (χ2n) is 6.49. The smallest absolute Gasteiger partial charge is 0.226 e. The first-order valence-electron chi connectivity index (χ1n) is 8.58. The summed E-state index contributed by atoms with van der Waals surface area (Å²) in [4.78, 5) is 19.2. The van der Waals surface area contributed by atoms with Gasteiger partial charge in [0.25, 0.3) is 0 Å². The molecule has 144 valence electrons. The molecule has 9 heteroatoms. The molecule has 0 saturated heterocycles. The minimum absolute atomic E-state index is 0.0433. The summed E-state index contributed by atoms with van der Waals surface area (Å²) >= 11 is 5.95. The molecule has 0 unspecified atom stereocenters. The van der Waals surface area contributed by atoms with Crippen LogP contribution in [0.25, 0.3) is 11.3 Å². The molecular weight excluding hydrogens is 383 g/mol. The van der Waals surface area contributed by atoms with Gasteiger partial charge in [-0.05, 0) is 32.0 Å². The second-order valence-corrected chi connectivity index (χ2v) is 6.90. The Morgan fingerprint density at radius 2 is 2.29 bits per heavy atom. The van der Waals surface area contributed by atoms with Crippen molar-refractivity contribution in [1.82, 2.24) is 25.1 Å². The number of aromatic amines is 1. The summed E-state index contributed by atoms with van der Waals surface area (Å²) in [7, 11) is 0. The number of H-pyrrole nitrogens is 1. The number of imidazole rings is 1. The van der Waals surface area contributed by atoms with Crippen molar-refractivity contribution in [3.63, 3.8) is 0 Å². The van der Waals surface area contributed by atoms with Crippen LogP contribution < -0.4 is 5.32 Å². The van der Waals surface area contributed by atoms with E-state index in [1.807, 2.05) is 13.8 Å². The summed E-state index contributed by atoms with van der Waals surface area (Å²) in [5.74, 6) is -0.0436. The van der Waals surface area contributed by atoms with E-state index in [0.29, 0.717) is 17.8 Å². The molecule has 3 aromatic rings. The van der Waals surface area contributed by atoms with Crippen molar-refractivity contribution >= 4 is 17.5 Å². The number of hydrogen-bond acceptors (Lipinski definition) is 4. The lowest BCUT2D eigenvalue weighted by atomic mass is 10.1. The highest BCUT2D eigenvalue weighted by atomic mass is 35.5. The zero-order chi connectivity index (χ0) is 20.3. The van der Waals surface area contributed by atoms with E-state index in [1.165, 1.54) is 12.1 Å². The minimum atomic E-state index is -0.686. The lowest BCUT2D eigenvalue weighted by Crippen LogP contribution is -2.36. The summed E-state index contributed by atoms with van der Waals surface area (Å²) < 4.78 is 15.6. The van der Waals surface area contributed by atoms with Gasteiger partial charge in [0.1, 0.15) is 23.3 Å². The van der Waals surface area contributed by atoms with Crippen LogP contribution in [0.5, 0.6) is 0 Å². The molecule has 2 heterocycles. The number of nitrogens with zero attached hydrogens (tertiary/aromatic N) is 4. The van der Waals surface area contributed by atoms with Crippen molar-refractivity contribution < 1.29 is 9.18 Å². The molecule has 0 aliphatic rings. The first kappa shape index (κ1) is 19.6. The van der Waals surface area contributed by atoms with Gasteiger partial charge in [-0.25, -0.2) is 9.37 Å². The van der Waals surface area contributed by atoms with E-state index < -0.39 is 5.82 Å². The van der Waals surface area contributed by atoms with Crippen LogP contribution in [0, 0.1) is 24.1 Å². The number of hydrogen-bond donors (Lipinski definition) is 2. The number of benzene rings is 1. The van der Waals surface area contributed by atoms with E-state index in [9.17, 15) is 9.18 Å². The van der Waals surface area contributed by atoms with Gasteiger partial charge in [0.05, 0.1) is 23.7 Å². The fraction of sp³-hybridized carbons (Fsp3) is 0.263. The fourth-order valence-corrected chi connectivity index (χ4v) is 3.08. The minimum Gasteiger partial charge on any atom is -0.351 e. The van der Waals surface area contributed by atoms with E-state index in [-0.39, 0.29) is 29.0 Å². The number of carbonyl (C=O) groups excluding carboxylic acids is 1. The Morgan fingerprint density at radius 3 is 2.93 bits per heavy atom. The molecule has 0 fully saturated rings. The Kier molecular flexibility index (Phi) is 5.76. The number of rotatable bonds is 6. The third-order valence-electron chi connectivity index (χ3n) is 4.07. The van der Waals surface area contributed by atoms with E-state index in [1.54, 1.807) is 29.2 Å². The molecule has 0 bridgehead atoms. The lowest BCUT2D eigenvalue weighted by Gasteiger charge is -2.13. The highest BCUT2D eigenvalue weighted by Gasteiger charge is 2.14. The Balaban J connectivity index is 1.62. The number of nitriles is 1. The van der Waals surface area contributed by atoms with Crippen LogP contribution >= 0.6 is 11.6 Å². The monoisotopic (exact) mass is 400 g/mol. The summed E-state index contributed by atoms with van der Waals surface area (Å²) in [5, 5.41) is 16.2. The fourth-order valence-electron chi connectivity index (χ4n) is 2.83. The summed E-state index contributed by atoms with van der Waals surface area (Å²) in [6, 6.07) is 6.03. The molecule has 2 aromatic heterocycles. The summed E-state index contributed by atoms with van der Waals surface area (Å²) in [5.41, 5.74) is 1.57. The molecule has 1 atom stereocenters. The highest BCUT2D eigenvalue weighted by molar-refractivity contribution is 6.32. The number of amides is 1. The maximum absolute atomic E-state index is 13.9. The van der Waals surface area contributed by atoms with Crippen molar-refractivity contribution in [2.45, 2.75) is 32.9 Å². The van der Waals surface area contributed by atoms with Crippen molar-refractivity contribution in [1.29, 1.82) is 5.26 Å². The molecule has 7 nitrogen and oxygen atoms in total. The van der Waals surface area contributed by atoms with Crippen molar-refractivity contribution in [3.05, 3.63) is 58.5 Å². The Hall–Kier alpha value is -3.18. The molecule has 0 aliphatic heterocycles. The van der Waals surface area contributed by atoms with Gasteiger partial charge < -0.3 is 10.3 Å². The number of aromatic nitrogens is 4.